The second kappa shape index (κ2) is 2.62. The summed E-state index contributed by atoms with van der Waals surface area (Å²) in [6.45, 7) is 0. The monoisotopic (exact) mass is 222 g/mol. The molecule has 0 atom stereocenters. The molecule has 0 unspecified atom stereocenters. The standard InChI is InChI=1S/C6H7IO/c7-4-5-2-1-3-6(5)8/h2H,1,3-4H2. The van der Waals surface area contributed by atoms with Crippen LogP contribution in [0.15, 0.2) is 11.6 Å². The first-order valence-corrected chi connectivity index (χ1v) is 4.15. The van der Waals surface area contributed by atoms with Gasteiger partial charge in [-0.1, -0.05) is 28.7 Å². The Labute approximate surface area is 62.3 Å². The molecule has 0 saturated heterocycles. The quantitative estimate of drug-likeness (QED) is 0.487. The Morgan fingerprint density at radius 1 is 1.75 bits per heavy atom. The maximum atomic E-state index is 10.7. The third-order valence-electron chi connectivity index (χ3n) is 1.26. The van der Waals surface area contributed by atoms with Crippen molar-refractivity contribution in [3.8, 4) is 0 Å². The Morgan fingerprint density at radius 3 is 2.75 bits per heavy atom. The molecule has 2 heteroatoms. The minimum absolute atomic E-state index is 0.347. The second-order valence-electron chi connectivity index (χ2n) is 1.82. The Kier molecular flexibility index (Phi) is 2.05. The smallest absolute Gasteiger partial charge is 0.159 e. The van der Waals surface area contributed by atoms with Gasteiger partial charge in [0.05, 0.1) is 0 Å². The highest BCUT2D eigenvalue weighted by atomic mass is 127. The van der Waals surface area contributed by atoms with Gasteiger partial charge in [0.2, 0.25) is 0 Å². The van der Waals surface area contributed by atoms with Gasteiger partial charge in [-0.3, -0.25) is 4.79 Å². The molecule has 0 spiro atoms. The van der Waals surface area contributed by atoms with E-state index in [1.165, 1.54) is 0 Å². The van der Waals surface area contributed by atoms with E-state index in [1.54, 1.807) is 0 Å². The van der Waals surface area contributed by atoms with Gasteiger partial charge in [-0.25, -0.2) is 0 Å². The number of Topliss-reactive ketones (excluding diaryl/α,β-unsaturated/α-hetero) is 1. The van der Waals surface area contributed by atoms with Crippen molar-refractivity contribution in [2.75, 3.05) is 4.43 Å². The van der Waals surface area contributed by atoms with Crippen LogP contribution in [0.25, 0.3) is 0 Å². The first-order valence-electron chi connectivity index (χ1n) is 2.63. The summed E-state index contributed by atoms with van der Waals surface area (Å²) in [7, 11) is 0. The number of alkyl halides is 1. The van der Waals surface area contributed by atoms with Crippen LogP contribution in [0.1, 0.15) is 12.8 Å². The summed E-state index contributed by atoms with van der Waals surface area (Å²) in [5.41, 5.74) is 1.02. The first kappa shape index (κ1) is 6.26. The van der Waals surface area contributed by atoms with Gasteiger partial charge in [0, 0.05) is 16.4 Å². The molecule has 0 bridgehead atoms. The average Bonchev–Trinajstić information content (AvgIpc) is 2.14. The van der Waals surface area contributed by atoms with Gasteiger partial charge < -0.3 is 0 Å². The minimum Gasteiger partial charge on any atom is -0.295 e. The second-order valence-corrected chi connectivity index (χ2v) is 2.59. The number of hydrogen-bond donors (Lipinski definition) is 0. The van der Waals surface area contributed by atoms with Crippen molar-refractivity contribution in [1.29, 1.82) is 0 Å². The third-order valence-corrected chi connectivity index (χ3v) is 2.09. The molecule has 0 amide bonds. The molecule has 1 rings (SSSR count). The Morgan fingerprint density at radius 2 is 2.50 bits per heavy atom. The van der Waals surface area contributed by atoms with Gasteiger partial charge in [-0.15, -0.1) is 0 Å². The lowest BCUT2D eigenvalue weighted by Gasteiger charge is -1.87. The maximum Gasteiger partial charge on any atom is 0.159 e. The molecule has 0 aromatic heterocycles. The highest BCUT2D eigenvalue weighted by Gasteiger charge is 2.11. The molecular formula is C6H7IO. The molecule has 8 heavy (non-hydrogen) atoms. The van der Waals surface area contributed by atoms with Crippen LogP contribution in [0.4, 0.5) is 0 Å². The highest BCUT2D eigenvalue weighted by molar-refractivity contribution is 14.1. The SMILES string of the molecule is O=C1CCC=C1CI. The van der Waals surface area contributed by atoms with E-state index in [-0.39, 0.29) is 0 Å². The molecule has 0 aromatic carbocycles. The van der Waals surface area contributed by atoms with Crippen LogP contribution in [-0.2, 0) is 4.79 Å². The molecule has 0 fully saturated rings. The van der Waals surface area contributed by atoms with E-state index in [4.69, 9.17) is 0 Å². The summed E-state index contributed by atoms with van der Waals surface area (Å²) in [6.07, 6.45) is 3.75. The Hall–Kier alpha value is 0.140. The summed E-state index contributed by atoms with van der Waals surface area (Å²) in [4.78, 5) is 10.7. The minimum atomic E-state index is 0.347. The lowest BCUT2D eigenvalue weighted by atomic mass is 10.2. The van der Waals surface area contributed by atoms with Crippen LogP contribution in [-0.4, -0.2) is 10.2 Å². The molecule has 1 nitrogen and oxygen atoms in total. The predicted molar refractivity (Wildman–Crippen MR) is 41.2 cm³/mol. The highest BCUT2D eigenvalue weighted by Crippen LogP contribution is 2.15. The van der Waals surface area contributed by atoms with Crippen molar-refractivity contribution < 1.29 is 4.79 Å². The van der Waals surface area contributed by atoms with Gasteiger partial charge in [-0.2, -0.15) is 0 Å². The van der Waals surface area contributed by atoms with Gasteiger partial charge in [0.25, 0.3) is 0 Å². The van der Waals surface area contributed by atoms with Crippen LogP contribution in [0.2, 0.25) is 0 Å². The molecule has 0 radical (unpaired) electrons. The van der Waals surface area contributed by atoms with Crippen LogP contribution in [0.3, 0.4) is 0 Å². The van der Waals surface area contributed by atoms with Crippen LogP contribution in [0.5, 0.6) is 0 Å². The normalized spacial score (nSPS) is 19.1. The molecule has 0 aliphatic heterocycles. The van der Waals surface area contributed by atoms with E-state index in [1.807, 2.05) is 6.08 Å². The number of hydrogen-bond acceptors (Lipinski definition) is 1. The van der Waals surface area contributed by atoms with Gasteiger partial charge >= 0.3 is 0 Å². The van der Waals surface area contributed by atoms with Crippen molar-refractivity contribution in [1.82, 2.24) is 0 Å². The van der Waals surface area contributed by atoms with Crippen LogP contribution in [0, 0.1) is 0 Å². The number of allylic oxidation sites excluding steroid dienone is 2. The zero-order valence-corrected chi connectivity index (χ0v) is 6.64. The zero-order valence-electron chi connectivity index (χ0n) is 4.48. The number of carbonyl (C=O) groups is 1. The summed E-state index contributed by atoms with van der Waals surface area (Å²) >= 11 is 2.22. The fourth-order valence-corrected chi connectivity index (χ4v) is 1.52. The van der Waals surface area contributed by atoms with E-state index in [2.05, 4.69) is 22.6 Å². The van der Waals surface area contributed by atoms with Crippen molar-refractivity contribution in [3.05, 3.63) is 11.6 Å². The summed E-state index contributed by atoms with van der Waals surface area (Å²) in [5, 5.41) is 0. The van der Waals surface area contributed by atoms with Crippen molar-refractivity contribution in [2.45, 2.75) is 12.8 Å². The molecule has 44 valence electrons. The number of halogens is 1. The molecule has 0 heterocycles. The molecule has 0 aromatic rings. The Balaban J connectivity index is 2.62. The number of rotatable bonds is 1. The molecular weight excluding hydrogens is 215 g/mol. The number of carbonyl (C=O) groups excluding carboxylic acids is 1. The summed E-state index contributed by atoms with van der Waals surface area (Å²) < 4.78 is 0.886. The van der Waals surface area contributed by atoms with Gasteiger partial charge in [0.15, 0.2) is 5.78 Å². The maximum absolute atomic E-state index is 10.7. The van der Waals surface area contributed by atoms with E-state index >= 15 is 0 Å². The van der Waals surface area contributed by atoms with E-state index < -0.39 is 0 Å². The topological polar surface area (TPSA) is 17.1 Å². The largest absolute Gasteiger partial charge is 0.295 e. The Bertz CT molecular complexity index is 137. The van der Waals surface area contributed by atoms with E-state index in [0.717, 1.165) is 22.8 Å². The first-order chi connectivity index (χ1) is 3.84. The van der Waals surface area contributed by atoms with Gasteiger partial charge in [-0.05, 0) is 6.42 Å². The zero-order chi connectivity index (χ0) is 5.98. The molecule has 1 aliphatic carbocycles. The lowest BCUT2D eigenvalue weighted by molar-refractivity contribution is -0.114. The lowest BCUT2D eigenvalue weighted by Crippen LogP contribution is -1.94. The van der Waals surface area contributed by atoms with Crippen LogP contribution < -0.4 is 0 Å². The third kappa shape index (κ3) is 1.10. The van der Waals surface area contributed by atoms with Crippen molar-refractivity contribution >= 4 is 28.4 Å². The predicted octanol–water partition coefficient (Wildman–Crippen LogP) is 1.71. The fourth-order valence-electron chi connectivity index (χ4n) is 0.781. The van der Waals surface area contributed by atoms with Crippen molar-refractivity contribution in [2.24, 2.45) is 0 Å². The average molecular weight is 222 g/mol. The molecule has 0 N–H and O–H groups in total. The van der Waals surface area contributed by atoms with E-state index in [0.29, 0.717) is 5.78 Å². The fraction of sp³-hybridized carbons (Fsp3) is 0.500. The van der Waals surface area contributed by atoms with Gasteiger partial charge in [0.1, 0.15) is 0 Å². The summed E-state index contributed by atoms with van der Waals surface area (Å²) in [6, 6.07) is 0. The molecule has 1 aliphatic rings. The number of ketones is 1. The summed E-state index contributed by atoms with van der Waals surface area (Å²) in [5.74, 6) is 0.347. The van der Waals surface area contributed by atoms with Crippen molar-refractivity contribution in [3.63, 3.8) is 0 Å². The van der Waals surface area contributed by atoms with E-state index in [9.17, 15) is 4.79 Å². The molecule has 0 saturated carbocycles. The van der Waals surface area contributed by atoms with Crippen LogP contribution >= 0.6 is 22.6 Å².